The first-order valence-corrected chi connectivity index (χ1v) is 9.33. The lowest BCUT2D eigenvalue weighted by Crippen LogP contribution is -2.33. The minimum atomic E-state index is -1.29. The summed E-state index contributed by atoms with van der Waals surface area (Å²) >= 11 is 1.36. The Labute approximate surface area is 157 Å². The molecule has 4 atom stereocenters. The van der Waals surface area contributed by atoms with Crippen molar-refractivity contribution in [2.45, 2.75) is 35.4 Å². The minimum Gasteiger partial charge on any atom is -0.394 e. The third kappa shape index (κ3) is 3.26. The number of nitrogens with zero attached hydrogens (tertiary/aromatic N) is 3. The van der Waals surface area contributed by atoms with E-state index in [9.17, 15) is 20.1 Å². The van der Waals surface area contributed by atoms with E-state index < -0.39 is 36.7 Å². The van der Waals surface area contributed by atoms with Gasteiger partial charge >= 0.3 is 0 Å². The van der Waals surface area contributed by atoms with Gasteiger partial charge in [-0.15, -0.1) is 0 Å². The second-order valence-corrected chi connectivity index (χ2v) is 7.11. The van der Waals surface area contributed by atoms with Gasteiger partial charge in [0.15, 0.2) is 22.5 Å². The number of aromatic nitrogens is 4. The Morgan fingerprint density at radius 2 is 2.00 bits per heavy atom. The van der Waals surface area contributed by atoms with E-state index in [0.29, 0.717) is 10.9 Å². The highest BCUT2D eigenvalue weighted by Gasteiger charge is 2.45. The van der Waals surface area contributed by atoms with Crippen LogP contribution in [-0.4, -0.2) is 59.8 Å². The van der Waals surface area contributed by atoms with Gasteiger partial charge in [-0.2, -0.15) is 0 Å². The Kier molecular flexibility index (Phi) is 4.98. The summed E-state index contributed by atoms with van der Waals surface area (Å²) in [5, 5.41) is 30.3. The molecule has 1 aliphatic heterocycles. The number of aliphatic hydroxyl groups excluding tert-OH is 3. The molecule has 27 heavy (non-hydrogen) atoms. The van der Waals surface area contributed by atoms with Gasteiger partial charge in [-0.05, 0) is 5.56 Å². The highest BCUT2D eigenvalue weighted by Crippen LogP contribution is 2.35. The van der Waals surface area contributed by atoms with E-state index in [1.165, 1.54) is 22.7 Å². The van der Waals surface area contributed by atoms with E-state index >= 15 is 0 Å². The van der Waals surface area contributed by atoms with Gasteiger partial charge in [0, 0.05) is 5.75 Å². The number of fused-ring (bicyclic) bond motifs is 1. The average Bonchev–Trinajstić information content (AvgIpc) is 3.19. The van der Waals surface area contributed by atoms with E-state index in [1.807, 2.05) is 30.3 Å². The molecule has 3 aromatic rings. The van der Waals surface area contributed by atoms with E-state index in [2.05, 4.69) is 15.0 Å². The van der Waals surface area contributed by atoms with Crippen LogP contribution < -0.4 is 5.56 Å². The zero-order valence-corrected chi connectivity index (χ0v) is 14.9. The summed E-state index contributed by atoms with van der Waals surface area (Å²) < 4.78 is 7.13. The first-order valence-electron chi connectivity index (χ1n) is 8.35. The Morgan fingerprint density at radius 3 is 2.70 bits per heavy atom. The normalized spacial score (nSPS) is 25.3. The molecule has 1 aromatic carbocycles. The molecule has 0 amide bonds. The molecule has 1 saturated heterocycles. The Hall–Kier alpha value is -2.24. The van der Waals surface area contributed by atoms with Gasteiger partial charge in [-0.3, -0.25) is 9.36 Å². The molecule has 4 N–H and O–H groups in total. The number of H-pyrrole nitrogens is 1. The van der Waals surface area contributed by atoms with E-state index in [-0.39, 0.29) is 11.2 Å². The molecule has 1 fully saturated rings. The molecule has 10 heteroatoms. The van der Waals surface area contributed by atoms with Crippen molar-refractivity contribution in [3.8, 4) is 0 Å². The standard InChI is InChI=1S/C17H18N4O5S/c22-6-10-12(23)13(24)16(26-10)21-14-11(15(25)19-8-18-14)20-17(21)27-7-9-4-2-1-3-5-9/h1-5,8,10,12-13,16,22-24H,6-7H2,(H,18,19,25)/t10-,12+,13-,16-/m0/s1. The lowest BCUT2D eigenvalue weighted by Gasteiger charge is -2.19. The molecule has 2 aromatic heterocycles. The van der Waals surface area contributed by atoms with Crippen LogP contribution in [0.15, 0.2) is 46.6 Å². The lowest BCUT2D eigenvalue weighted by molar-refractivity contribution is -0.0548. The second-order valence-electron chi connectivity index (χ2n) is 6.17. The van der Waals surface area contributed by atoms with Crippen LogP contribution in [0.2, 0.25) is 0 Å². The summed E-state index contributed by atoms with van der Waals surface area (Å²) in [4.78, 5) is 23.1. The molecule has 0 radical (unpaired) electrons. The second kappa shape index (κ2) is 7.41. The van der Waals surface area contributed by atoms with Crippen molar-refractivity contribution >= 4 is 22.9 Å². The van der Waals surface area contributed by atoms with Crippen molar-refractivity contribution in [2.24, 2.45) is 0 Å². The third-order valence-corrected chi connectivity index (χ3v) is 5.46. The molecule has 0 spiro atoms. The molecule has 1 aliphatic rings. The van der Waals surface area contributed by atoms with Crippen molar-refractivity contribution in [3.63, 3.8) is 0 Å². The van der Waals surface area contributed by atoms with E-state index in [1.54, 1.807) is 0 Å². The summed E-state index contributed by atoms with van der Waals surface area (Å²) in [6.07, 6.45) is -3.26. The fourth-order valence-corrected chi connectivity index (χ4v) is 4.02. The molecule has 3 heterocycles. The number of aliphatic hydroxyl groups is 3. The van der Waals surface area contributed by atoms with Gasteiger partial charge in [-0.25, -0.2) is 9.97 Å². The number of nitrogens with one attached hydrogen (secondary N) is 1. The van der Waals surface area contributed by atoms with Crippen LogP contribution >= 0.6 is 11.8 Å². The topological polar surface area (TPSA) is 133 Å². The summed E-state index contributed by atoms with van der Waals surface area (Å²) in [5.74, 6) is 0.580. The number of benzene rings is 1. The van der Waals surface area contributed by atoms with Gasteiger partial charge in [-0.1, -0.05) is 42.1 Å². The summed E-state index contributed by atoms with van der Waals surface area (Å²) in [7, 11) is 0. The van der Waals surface area contributed by atoms with Crippen molar-refractivity contribution in [1.29, 1.82) is 0 Å². The first-order chi connectivity index (χ1) is 13.1. The quantitative estimate of drug-likeness (QED) is 0.448. The predicted molar refractivity (Wildman–Crippen MR) is 97.2 cm³/mol. The van der Waals surface area contributed by atoms with Gasteiger partial charge in [0.05, 0.1) is 12.9 Å². The highest BCUT2D eigenvalue weighted by atomic mass is 32.2. The van der Waals surface area contributed by atoms with Crippen LogP contribution in [-0.2, 0) is 10.5 Å². The molecular formula is C17H18N4O5S. The number of rotatable bonds is 5. The molecule has 0 unspecified atom stereocenters. The van der Waals surface area contributed by atoms with Crippen molar-refractivity contribution in [1.82, 2.24) is 19.5 Å². The molecule has 142 valence electrons. The highest BCUT2D eigenvalue weighted by molar-refractivity contribution is 7.98. The van der Waals surface area contributed by atoms with Crippen LogP contribution in [0, 0.1) is 0 Å². The monoisotopic (exact) mass is 390 g/mol. The fraction of sp³-hybridized carbons (Fsp3) is 0.353. The zero-order valence-electron chi connectivity index (χ0n) is 14.1. The predicted octanol–water partition coefficient (Wildman–Crippen LogP) is 0.0234. The number of hydrogen-bond acceptors (Lipinski definition) is 8. The maximum Gasteiger partial charge on any atom is 0.278 e. The van der Waals surface area contributed by atoms with Crippen LogP contribution in [0.4, 0.5) is 0 Å². The maximum atomic E-state index is 12.1. The number of thioether (sulfide) groups is 1. The third-order valence-electron chi connectivity index (χ3n) is 4.43. The Bertz CT molecular complexity index is 992. The SMILES string of the molecule is O=c1[nH]cnc2c1nc(SCc1ccccc1)n2[C@H]1O[C@@H](CO)[C@@H](O)[C@@H]1O. The molecule has 0 bridgehead atoms. The number of imidazole rings is 1. The number of aromatic amines is 1. The average molecular weight is 390 g/mol. The Balaban J connectivity index is 1.76. The van der Waals surface area contributed by atoms with Crippen LogP contribution in [0.5, 0.6) is 0 Å². The van der Waals surface area contributed by atoms with E-state index in [0.717, 1.165) is 5.56 Å². The summed E-state index contributed by atoms with van der Waals surface area (Å²) in [5.41, 5.74) is 1.01. The Morgan fingerprint density at radius 1 is 1.22 bits per heavy atom. The molecule has 0 saturated carbocycles. The largest absolute Gasteiger partial charge is 0.394 e. The van der Waals surface area contributed by atoms with Crippen LogP contribution in [0.1, 0.15) is 11.8 Å². The maximum absolute atomic E-state index is 12.1. The smallest absolute Gasteiger partial charge is 0.278 e. The molecule has 9 nitrogen and oxygen atoms in total. The molecule has 0 aliphatic carbocycles. The number of ether oxygens (including phenoxy) is 1. The van der Waals surface area contributed by atoms with Gasteiger partial charge in [0.1, 0.15) is 18.3 Å². The molecular weight excluding hydrogens is 372 g/mol. The summed E-state index contributed by atoms with van der Waals surface area (Å²) in [6.45, 7) is -0.443. The van der Waals surface area contributed by atoms with Gasteiger partial charge in [0.25, 0.3) is 5.56 Å². The summed E-state index contributed by atoms with van der Waals surface area (Å²) in [6, 6.07) is 9.72. The van der Waals surface area contributed by atoms with Crippen LogP contribution in [0.25, 0.3) is 11.2 Å². The zero-order chi connectivity index (χ0) is 19.0. The van der Waals surface area contributed by atoms with Crippen LogP contribution in [0.3, 0.4) is 0 Å². The van der Waals surface area contributed by atoms with Gasteiger partial charge < -0.3 is 25.0 Å². The minimum absolute atomic E-state index is 0.116. The van der Waals surface area contributed by atoms with Crippen molar-refractivity contribution < 1.29 is 20.1 Å². The van der Waals surface area contributed by atoms with Gasteiger partial charge in [0.2, 0.25) is 0 Å². The molecule has 4 rings (SSSR count). The first kappa shape index (κ1) is 18.1. The lowest BCUT2D eigenvalue weighted by atomic mass is 10.1. The fourth-order valence-electron chi connectivity index (χ4n) is 3.05. The number of hydrogen-bond donors (Lipinski definition) is 4. The van der Waals surface area contributed by atoms with Crippen molar-refractivity contribution in [3.05, 3.63) is 52.6 Å². The van der Waals surface area contributed by atoms with E-state index in [4.69, 9.17) is 4.74 Å². The van der Waals surface area contributed by atoms with Crippen molar-refractivity contribution in [2.75, 3.05) is 6.61 Å².